The van der Waals surface area contributed by atoms with E-state index in [1.807, 2.05) is 0 Å². The standard InChI is InChI=1S/C9H18N2S/c10-9(12)11-8-6-4-2-1-3-5-7-8/h8H,1-7H2,(H3,10,11,12). The minimum atomic E-state index is 0.459. The van der Waals surface area contributed by atoms with Crippen LogP contribution in [0.2, 0.25) is 0 Å². The van der Waals surface area contributed by atoms with Gasteiger partial charge in [-0.05, 0) is 25.1 Å². The van der Waals surface area contributed by atoms with Crippen LogP contribution in [0, 0.1) is 0 Å². The molecule has 1 aliphatic carbocycles. The summed E-state index contributed by atoms with van der Waals surface area (Å²) >= 11 is 4.82. The Morgan fingerprint density at radius 2 is 1.58 bits per heavy atom. The molecule has 0 heterocycles. The second-order valence-corrected chi connectivity index (χ2v) is 3.99. The Morgan fingerprint density at radius 1 is 1.08 bits per heavy atom. The fourth-order valence-electron chi connectivity index (χ4n) is 1.80. The molecule has 3 heteroatoms. The second kappa shape index (κ2) is 5.36. The van der Waals surface area contributed by atoms with Crippen molar-refractivity contribution in [2.45, 2.75) is 51.0 Å². The van der Waals surface area contributed by atoms with Crippen molar-refractivity contribution in [3.05, 3.63) is 0 Å². The van der Waals surface area contributed by atoms with Crippen molar-refractivity contribution in [1.82, 2.24) is 5.32 Å². The molecule has 0 unspecified atom stereocenters. The van der Waals surface area contributed by atoms with E-state index >= 15 is 0 Å². The van der Waals surface area contributed by atoms with E-state index in [4.69, 9.17) is 18.0 Å². The quantitative estimate of drug-likeness (QED) is 0.615. The first kappa shape index (κ1) is 9.78. The van der Waals surface area contributed by atoms with Crippen LogP contribution in [0.4, 0.5) is 0 Å². The van der Waals surface area contributed by atoms with E-state index in [-0.39, 0.29) is 0 Å². The number of nitrogens with two attached hydrogens (primary N) is 1. The highest BCUT2D eigenvalue weighted by Crippen LogP contribution is 2.16. The van der Waals surface area contributed by atoms with E-state index < -0.39 is 0 Å². The number of hydrogen-bond acceptors (Lipinski definition) is 1. The van der Waals surface area contributed by atoms with Crippen molar-refractivity contribution >= 4 is 17.3 Å². The van der Waals surface area contributed by atoms with Gasteiger partial charge in [0.25, 0.3) is 0 Å². The number of nitrogens with one attached hydrogen (secondary N) is 1. The lowest BCUT2D eigenvalue weighted by Gasteiger charge is -2.20. The van der Waals surface area contributed by atoms with Crippen LogP contribution in [-0.2, 0) is 0 Å². The van der Waals surface area contributed by atoms with Gasteiger partial charge in [0.2, 0.25) is 0 Å². The minimum Gasteiger partial charge on any atom is -0.376 e. The fraction of sp³-hybridized carbons (Fsp3) is 0.889. The van der Waals surface area contributed by atoms with Crippen LogP contribution in [-0.4, -0.2) is 11.2 Å². The van der Waals surface area contributed by atoms with E-state index in [0.717, 1.165) is 0 Å². The Hall–Kier alpha value is -0.310. The summed E-state index contributed by atoms with van der Waals surface area (Å²) in [5.74, 6) is 0. The van der Waals surface area contributed by atoms with E-state index in [1.54, 1.807) is 0 Å². The Balaban J connectivity index is 2.24. The van der Waals surface area contributed by atoms with Gasteiger partial charge in [-0.1, -0.05) is 32.1 Å². The lowest BCUT2D eigenvalue weighted by molar-refractivity contribution is 0.429. The number of thiocarbonyl (C=S) groups is 1. The van der Waals surface area contributed by atoms with Crippen molar-refractivity contribution < 1.29 is 0 Å². The summed E-state index contributed by atoms with van der Waals surface area (Å²) in [5, 5.41) is 3.62. The van der Waals surface area contributed by atoms with Crippen molar-refractivity contribution in [3.63, 3.8) is 0 Å². The lowest BCUT2D eigenvalue weighted by Crippen LogP contribution is -2.38. The van der Waals surface area contributed by atoms with Crippen LogP contribution in [0.25, 0.3) is 0 Å². The topological polar surface area (TPSA) is 38.0 Å². The molecule has 2 nitrogen and oxygen atoms in total. The van der Waals surface area contributed by atoms with Gasteiger partial charge in [-0.3, -0.25) is 0 Å². The van der Waals surface area contributed by atoms with Crippen LogP contribution in [0.5, 0.6) is 0 Å². The molecule has 0 aromatic heterocycles. The van der Waals surface area contributed by atoms with E-state index in [0.29, 0.717) is 11.2 Å². The first-order chi connectivity index (χ1) is 5.79. The maximum absolute atomic E-state index is 5.43. The molecule has 1 saturated carbocycles. The number of rotatable bonds is 1. The molecule has 12 heavy (non-hydrogen) atoms. The van der Waals surface area contributed by atoms with Gasteiger partial charge in [0, 0.05) is 6.04 Å². The molecule has 3 N–H and O–H groups in total. The minimum absolute atomic E-state index is 0.459. The van der Waals surface area contributed by atoms with Crippen LogP contribution in [0.1, 0.15) is 44.9 Å². The summed E-state index contributed by atoms with van der Waals surface area (Å²) in [4.78, 5) is 0. The molecule has 0 spiro atoms. The third-order valence-corrected chi connectivity index (χ3v) is 2.57. The third kappa shape index (κ3) is 3.90. The van der Waals surface area contributed by atoms with Crippen molar-refractivity contribution in [1.29, 1.82) is 0 Å². The third-order valence-electron chi connectivity index (χ3n) is 2.45. The zero-order valence-electron chi connectivity index (χ0n) is 7.51. The largest absolute Gasteiger partial charge is 0.376 e. The smallest absolute Gasteiger partial charge is 0.163 e. The molecule has 0 saturated heterocycles. The van der Waals surface area contributed by atoms with Gasteiger partial charge in [-0.25, -0.2) is 0 Å². The lowest BCUT2D eigenvalue weighted by atomic mass is 9.97. The first-order valence-electron chi connectivity index (χ1n) is 4.85. The van der Waals surface area contributed by atoms with Gasteiger partial charge in [-0.15, -0.1) is 0 Å². The Labute approximate surface area is 79.9 Å². The SMILES string of the molecule is NC(=S)NC1CCCCCCC1. The average molecular weight is 186 g/mol. The normalized spacial score (nSPS) is 21.0. The fourth-order valence-corrected chi connectivity index (χ4v) is 1.97. The molecule has 0 radical (unpaired) electrons. The molecule has 1 aliphatic rings. The molecule has 0 amide bonds. The number of hydrogen-bond donors (Lipinski definition) is 2. The zero-order valence-corrected chi connectivity index (χ0v) is 8.33. The predicted molar refractivity (Wildman–Crippen MR) is 56.0 cm³/mol. The zero-order chi connectivity index (χ0) is 8.81. The summed E-state index contributed by atoms with van der Waals surface area (Å²) < 4.78 is 0. The Kier molecular flexibility index (Phi) is 4.36. The van der Waals surface area contributed by atoms with Crippen molar-refractivity contribution in [2.24, 2.45) is 5.73 Å². The summed E-state index contributed by atoms with van der Waals surface area (Å²) in [6, 6.07) is 0.544. The van der Waals surface area contributed by atoms with Crippen molar-refractivity contribution in [3.8, 4) is 0 Å². The van der Waals surface area contributed by atoms with Gasteiger partial charge in [0.05, 0.1) is 0 Å². The van der Waals surface area contributed by atoms with Crippen molar-refractivity contribution in [2.75, 3.05) is 0 Å². The van der Waals surface area contributed by atoms with Crippen LogP contribution < -0.4 is 11.1 Å². The van der Waals surface area contributed by atoms with Gasteiger partial charge in [0.1, 0.15) is 0 Å². The molecule has 0 bridgehead atoms. The molecular weight excluding hydrogens is 168 g/mol. The average Bonchev–Trinajstić information content (AvgIpc) is 1.93. The molecular formula is C9H18N2S. The van der Waals surface area contributed by atoms with E-state index in [1.165, 1.54) is 44.9 Å². The molecule has 1 fully saturated rings. The molecule has 0 atom stereocenters. The highest BCUT2D eigenvalue weighted by atomic mass is 32.1. The summed E-state index contributed by atoms with van der Waals surface area (Å²) in [6.45, 7) is 0. The van der Waals surface area contributed by atoms with Gasteiger partial charge in [0.15, 0.2) is 5.11 Å². The first-order valence-corrected chi connectivity index (χ1v) is 5.26. The molecule has 0 aromatic rings. The van der Waals surface area contributed by atoms with E-state index in [9.17, 15) is 0 Å². The maximum Gasteiger partial charge on any atom is 0.163 e. The summed E-state index contributed by atoms with van der Waals surface area (Å²) in [6.07, 6.45) is 9.25. The Bertz CT molecular complexity index is 139. The van der Waals surface area contributed by atoms with Crippen LogP contribution in [0.3, 0.4) is 0 Å². The highest BCUT2D eigenvalue weighted by molar-refractivity contribution is 7.80. The summed E-state index contributed by atoms with van der Waals surface area (Å²) in [7, 11) is 0. The predicted octanol–water partition coefficient (Wildman–Crippen LogP) is 1.93. The highest BCUT2D eigenvalue weighted by Gasteiger charge is 2.10. The van der Waals surface area contributed by atoms with E-state index in [2.05, 4.69) is 5.32 Å². The molecule has 0 aliphatic heterocycles. The monoisotopic (exact) mass is 186 g/mol. The second-order valence-electron chi connectivity index (χ2n) is 3.55. The maximum atomic E-state index is 5.43. The van der Waals surface area contributed by atoms with Crippen LogP contribution in [0.15, 0.2) is 0 Å². The van der Waals surface area contributed by atoms with Gasteiger partial charge >= 0.3 is 0 Å². The molecule has 70 valence electrons. The van der Waals surface area contributed by atoms with Crippen LogP contribution >= 0.6 is 12.2 Å². The summed E-state index contributed by atoms with van der Waals surface area (Å²) in [5.41, 5.74) is 5.43. The van der Waals surface area contributed by atoms with Gasteiger partial charge in [-0.2, -0.15) is 0 Å². The molecule has 0 aromatic carbocycles. The molecule has 1 rings (SSSR count). The Morgan fingerprint density at radius 3 is 2.08 bits per heavy atom. The van der Waals surface area contributed by atoms with Gasteiger partial charge < -0.3 is 11.1 Å².